The van der Waals surface area contributed by atoms with Crippen molar-refractivity contribution in [2.24, 2.45) is 0 Å². The molecule has 1 aromatic carbocycles. The fraction of sp³-hybridized carbons (Fsp3) is 0.474. The molecule has 0 spiro atoms. The first kappa shape index (κ1) is 17.5. The van der Waals surface area contributed by atoms with Crippen LogP contribution in [0.25, 0.3) is 0 Å². The van der Waals surface area contributed by atoms with E-state index in [1.54, 1.807) is 13.3 Å². The molecule has 6 heteroatoms. The highest BCUT2D eigenvalue weighted by molar-refractivity contribution is 5.76. The number of carbonyl (C=O) groups excluding carboxylic acids is 1. The number of rotatable bonds is 6. The van der Waals surface area contributed by atoms with Gasteiger partial charge in [-0.25, -0.2) is 0 Å². The fourth-order valence-electron chi connectivity index (χ4n) is 3.36. The third-order valence-corrected chi connectivity index (χ3v) is 4.81. The summed E-state index contributed by atoms with van der Waals surface area (Å²) in [7, 11) is 3.56. The van der Waals surface area contributed by atoms with Crippen molar-refractivity contribution in [1.29, 1.82) is 0 Å². The molecule has 0 bridgehead atoms. The predicted molar refractivity (Wildman–Crippen MR) is 96.5 cm³/mol. The zero-order valence-electron chi connectivity index (χ0n) is 15.1. The van der Waals surface area contributed by atoms with Gasteiger partial charge in [0.2, 0.25) is 5.91 Å². The van der Waals surface area contributed by atoms with Gasteiger partial charge in [0.25, 0.3) is 0 Å². The van der Waals surface area contributed by atoms with Crippen molar-refractivity contribution in [1.82, 2.24) is 20.0 Å². The van der Waals surface area contributed by atoms with Crippen LogP contribution in [0.3, 0.4) is 0 Å². The highest BCUT2D eigenvalue weighted by Gasteiger charge is 2.24. The summed E-state index contributed by atoms with van der Waals surface area (Å²) in [5.74, 6) is 1.10. The summed E-state index contributed by atoms with van der Waals surface area (Å²) in [4.78, 5) is 13.4. The fourth-order valence-corrected chi connectivity index (χ4v) is 3.36. The molecule has 134 valence electrons. The Balaban J connectivity index is 1.71. The van der Waals surface area contributed by atoms with Crippen LogP contribution in [0.5, 0.6) is 5.75 Å². The van der Waals surface area contributed by atoms with E-state index in [9.17, 15) is 4.79 Å². The van der Waals surface area contributed by atoms with Gasteiger partial charge in [-0.2, -0.15) is 5.10 Å². The number of hydrogen-bond donors (Lipinski definition) is 1. The van der Waals surface area contributed by atoms with Gasteiger partial charge in [0.05, 0.1) is 13.7 Å². The third-order valence-electron chi connectivity index (χ3n) is 4.81. The van der Waals surface area contributed by atoms with Crippen LogP contribution in [0.4, 0.5) is 0 Å². The zero-order chi connectivity index (χ0) is 17.8. The number of piperidine rings is 1. The van der Waals surface area contributed by atoms with Crippen LogP contribution < -0.4 is 10.1 Å². The summed E-state index contributed by atoms with van der Waals surface area (Å²) in [6, 6.07) is 8.74. The number of amides is 1. The van der Waals surface area contributed by atoms with Crippen LogP contribution in [0.15, 0.2) is 36.7 Å². The minimum absolute atomic E-state index is 0.203. The largest absolute Gasteiger partial charge is 0.496 e. The quantitative estimate of drug-likeness (QED) is 0.874. The molecule has 2 heterocycles. The average Bonchev–Trinajstić information content (AvgIpc) is 3.11. The molecule has 1 fully saturated rings. The topological polar surface area (TPSA) is 59.4 Å². The number of nitrogens with zero attached hydrogens (tertiary/aromatic N) is 3. The number of methoxy groups -OCH3 is 1. The van der Waals surface area contributed by atoms with Gasteiger partial charge in [0.15, 0.2) is 0 Å². The van der Waals surface area contributed by atoms with Gasteiger partial charge in [-0.05, 0) is 37.1 Å². The molecule has 1 aliphatic heterocycles. The van der Waals surface area contributed by atoms with Gasteiger partial charge in [-0.3, -0.25) is 9.48 Å². The number of carbonyl (C=O) groups is 1. The lowest BCUT2D eigenvalue weighted by atomic mass is 10.0. The van der Waals surface area contributed by atoms with Crippen molar-refractivity contribution in [2.45, 2.75) is 38.4 Å². The molecule has 1 aromatic heterocycles. The first-order valence-corrected chi connectivity index (χ1v) is 8.71. The van der Waals surface area contributed by atoms with E-state index in [1.165, 1.54) is 5.56 Å². The average molecular weight is 342 g/mol. The number of likely N-dealkylation sites (tertiary alicyclic amines) is 1. The van der Waals surface area contributed by atoms with E-state index in [2.05, 4.69) is 29.5 Å². The van der Waals surface area contributed by atoms with Crippen molar-refractivity contribution < 1.29 is 9.53 Å². The van der Waals surface area contributed by atoms with Crippen molar-refractivity contribution >= 4 is 5.91 Å². The van der Waals surface area contributed by atoms with Gasteiger partial charge >= 0.3 is 0 Å². The van der Waals surface area contributed by atoms with Gasteiger partial charge in [-0.1, -0.05) is 6.07 Å². The number of aromatic nitrogens is 2. The number of benzene rings is 1. The van der Waals surface area contributed by atoms with Gasteiger partial charge in [0, 0.05) is 50.1 Å². The molecule has 0 aliphatic carbocycles. The Morgan fingerprint density at radius 3 is 2.96 bits per heavy atom. The molecule has 0 radical (unpaired) electrons. The van der Waals surface area contributed by atoms with Crippen molar-refractivity contribution in [3.63, 3.8) is 0 Å². The number of hydrogen-bond acceptors (Lipinski definition) is 4. The van der Waals surface area contributed by atoms with Crippen molar-refractivity contribution in [3.05, 3.63) is 47.8 Å². The van der Waals surface area contributed by atoms with E-state index in [1.807, 2.05) is 35.0 Å². The summed E-state index contributed by atoms with van der Waals surface area (Å²) >= 11 is 0. The van der Waals surface area contributed by atoms with E-state index in [0.29, 0.717) is 19.0 Å². The molecule has 2 aromatic rings. The summed E-state index contributed by atoms with van der Waals surface area (Å²) in [5.41, 5.74) is 2.32. The smallest absolute Gasteiger partial charge is 0.222 e. The Hall–Kier alpha value is -2.34. The lowest BCUT2D eigenvalue weighted by Crippen LogP contribution is -2.47. The highest BCUT2D eigenvalue weighted by Crippen LogP contribution is 2.25. The monoisotopic (exact) mass is 342 g/mol. The standard InChI is InChI=1S/C19H26N4O2/c1-14(21-17-6-8-19(24)22(2)13-17)15-5-7-18(25-3)16(11-15)12-23-10-4-9-20-23/h4-5,7,9-11,14,17,21H,6,8,12-13H2,1-3H3/t14-,17-/m1/s1. The summed E-state index contributed by atoms with van der Waals surface area (Å²) in [6.07, 6.45) is 5.24. The number of ether oxygens (including phenoxy) is 1. The summed E-state index contributed by atoms with van der Waals surface area (Å²) in [5, 5.41) is 7.93. The van der Waals surface area contributed by atoms with Crippen LogP contribution in [0, 0.1) is 0 Å². The SMILES string of the molecule is COc1ccc([C@@H](C)N[C@@H]2CCC(=O)N(C)C2)cc1Cn1cccn1. The molecule has 0 unspecified atom stereocenters. The van der Waals surface area contributed by atoms with Crippen LogP contribution in [0.1, 0.15) is 36.9 Å². The van der Waals surface area contributed by atoms with Crippen LogP contribution in [-0.2, 0) is 11.3 Å². The van der Waals surface area contributed by atoms with E-state index >= 15 is 0 Å². The molecule has 1 saturated heterocycles. The van der Waals surface area contributed by atoms with Crippen LogP contribution in [-0.4, -0.2) is 47.3 Å². The highest BCUT2D eigenvalue weighted by atomic mass is 16.5. The van der Waals surface area contributed by atoms with Crippen molar-refractivity contribution in [3.8, 4) is 5.75 Å². The van der Waals surface area contributed by atoms with Gasteiger partial charge in [-0.15, -0.1) is 0 Å². The molecule has 1 aliphatic rings. The van der Waals surface area contributed by atoms with E-state index in [-0.39, 0.29) is 11.9 Å². The summed E-state index contributed by atoms with van der Waals surface area (Å²) in [6.45, 7) is 3.60. The zero-order valence-corrected chi connectivity index (χ0v) is 15.1. The molecule has 1 N–H and O–H groups in total. The van der Waals surface area contributed by atoms with Crippen LogP contribution in [0.2, 0.25) is 0 Å². The maximum atomic E-state index is 11.6. The Labute approximate surface area is 148 Å². The van der Waals surface area contributed by atoms with Gasteiger partial charge in [0.1, 0.15) is 5.75 Å². The molecular formula is C19H26N4O2. The first-order valence-electron chi connectivity index (χ1n) is 8.71. The molecule has 25 heavy (non-hydrogen) atoms. The lowest BCUT2D eigenvalue weighted by molar-refractivity contribution is -0.132. The Kier molecular flexibility index (Phi) is 5.38. The maximum Gasteiger partial charge on any atom is 0.222 e. The second-order valence-electron chi connectivity index (χ2n) is 6.67. The number of likely N-dealkylation sites (N-methyl/N-ethyl adjacent to an activating group) is 1. The Bertz CT molecular complexity index is 714. The molecular weight excluding hydrogens is 316 g/mol. The lowest BCUT2D eigenvalue weighted by Gasteiger charge is -2.32. The molecule has 2 atom stereocenters. The second-order valence-corrected chi connectivity index (χ2v) is 6.67. The Morgan fingerprint density at radius 1 is 1.44 bits per heavy atom. The van der Waals surface area contributed by atoms with Gasteiger partial charge < -0.3 is 15.0 Å². The normalized spacial score (nSPS) is 19.1. The minimum Gasteiger partial charge on any atom is -0.496 e. The second kappa shape index (κ2) is 7.70. The Morgan fingerprint density at radius 2 is 2.28 bits per heavy atom. The third kappa shape index (κ3) is 4.20. The van der Waals surface area contributed by atoms with E-state index in [4.69, 9.17) is 4.74 Å². The maximum absolute atomic E-state index is 11.6. The van der Waals surface area contributed by atoms with Crippen LogP contribution >= 0.6 is 0 Å². The van der Waals surface area contributed by atoms with E-state index in [0.717, 1.165) is 24.3 Å². The molecule has 0 saturated carbocycles. The minimum atomic E-state index is 0.203. The summed E-state index contributed by atoms with van der Waals surface area (Å²) < 4.78 is 7.39. The molecule has 6 nitrogen and oxygen atoms in total. The molecule has 3 rings (SSSR count). The first-order chi connectivity index (χ1) is 12.1. The van der Waals surface area contributed by atoms with E-state index < -0.39 is 0 Å². The number of nitrogens with one attached hydrogen (secondary N) is 1. The van der Waals surface area contributed by atoms with Crippen molar-refractivity contribution in [2.75, 3.05) is 20.7 Å². The molecule has 1 amide bonds. The predicted octanol–water partition coefficient (Wildman–Crippen LogP) is 2.21.